The molecule has 3 rings (SSSR count). The number of carbonyl (C=O) groups is 1. The third-order valence-electron chi connectivity index (χ3n) is 3.47. The average molecular weight is 377 g/mol. The first kappa shape index (κ1) is 17.7. The quantitative estimate of drug-likeness (QED) is 0.362. The monoisotopic (exact) mass is 377 g/mol. The summed E-state index contributed by atoms with van der Waals surface area (Å²) in [7, 11) is 0. The van der Waals surface area contributed by atoms with Crippen molar-refractivity contribution in [3.05, 3.63) is 78.9 Å². The number of rotatable bonds is 3. The first-order chi connectivity index (χ1) is 12.8. The molecule has 10 nitrogen and oxygen atoms in total. The van der Waals surface area contributed by atoms with Gasteiger partial charge in [-0.15, -0.1) is 0 Å². The van der Waals surface area contributed by atoms with E-state index in [2.05, 4.69) is 10.3 Å². The van der Waals surface area contributed by atoms with E-state index in [4.69, 9.17) is 0 Å². The number of nitrogens with zero attached hydrogens (tertiary/aromatic N) is 2. The first-order valence-electron chi connectivity index (χ1n) is 7.23. The summed E-state index contributed by atoms with van der Waals surface area (Å²) in [6, 6.07) is 4.53. The number of anilines is 1. The second-order valence-corrected chi connectivity index (χ2v) is 5.24. The Morgan fingerprint density at radius 1 is 1.15 bits per heavy atom. The van der Waals surface area contributed by atoms with Crippen LogP contribution in [0.15, 0.2) is 46.0 Å². The van der Waals surface area contributed by atoms with Crippen LogP contribution in [0.3, 0.4) is 0 Å². The Balaban J connectivity index is 1.99. The highest BCUT2D eigenvalue weighted by Crippen LogP contribution is 2.17. The SMILES string of the molecule is O=C(Nc1ccc(F)cc1F)Nn1c(=O)c(=O)[nH]c2cc([N+](=O)[O-])ccc21. The molecular weight excluding hydrogens is 368 g/mol. The molecular formula is C15H9F2N5O5. The second-order valence-electron chi connectivity index (χ2n) is 5.24. The first-order valence-corrected chi connectivity index (χ1v) is 7.23. The number of H-pyrrole nitrogens is 1. The van der Waals surface area contributed by atoms with Crippen LogP contribution in [0.1, 0.15) is 0 Å². The third kappa shape index (κ3) is 3.49. The molecule has 0 fully saturated rings. The van der Waals surface area contributed by atoms with Crippen molar-refractivity contribution in [1.82, 2.24) is 9.66 Å². The summed E-state index contributed by atoms with van der Waals surface area (Å²) in [4.78, 5) is 48.1. The molecule has 0 atom stereocenters. The highest BCUT2D eigenvalue weighted by Gasteiger charge is 2.15. The number of carbonyl (C=O) groups excluding carboxylic acids is 1. The maximum Gasteiger partial charge on any atom is 0.338 e. The number of hydrogen-bond acceptors (Lipinski definition) is 5. The molecule has 0 spiro atoms. The molecule has 0 saturated carbocycles. The largest absolute Gasteiger partial charge is 0.338 e. The minimum atomic E-state index is -1.17. The van der Waals surface area contributed by atoms with Gasteiger partial charge >= 0.3 is 17.1 Å². The molecule has 138 valence electrons. The van der Waals surface area contributed by atoms with Gasteiger partial charge in [-0.25, -0.2) is 23.7 Å². The lowest BCUT2D eigenvalue weighted by Gasteiger charge is -2.12. The van der Waals surface area contributed by atoms with Crippen LogP contribution in [0.5, 0.6) is 0 Å². The maximum absolute atomic E-state index is 13.6. The van der Waals surface area contributed by atoms with Crippen LogP contribution in [-0.4, -0.2) is 20.6 Å². The van der Waals surface area contributed by atoms with Crippen LogP contribution in [0, 0.1) is 21.7 Å². The van der Waals surface area contributed by atoms with E-state index in [0.29, 0.717) is 10.7 Å². The predicted molar refractivity (Wildman–Crippen MR) is 90.2 cm³/mol. The van der Waals surface area contributed by atoms with Crippen molar-refractivity contribution in [3.63, 3.8) is 0 Å². The molecule has 0 aliphatic rings. The van der Waals surface area contributed by atoms with E-state index in [1.54, 1.807) is 0 Å². The lowest BCUT2D eigenvalue weighted by Crippen LogP contribution is -2.43. The summed E-state index contributed by atoms with van der Waals surface area (Å²) in [5, 5.41) is 12.9. The van der Waals surface area contributed by atoms with Crippen LogP contribution >= 0.6 is 0 Å². The normalized spacial score (nSPS) is 10.6. The Morgan fingerprint density at radius 3 is 2.56 bits per heavy atom. The molecule has 27 heavy (non-hydrogen) atoms. The second kappa shape index (κ2) is 6.67. The molecule has 0 radical (unpaired) electrons. The zero-order chi connectivity index (χ0) is 19.7. The van der Waals surface area contributed by atoms with Crippen LogP contribution in [-0.2, 0) is 0 Å². The molecule has 3 aromatic rings. The summed E-state index contributed by atoms with van der Waals surface area (Å²) in [5.41, 5.74) is -1.12. The van der Waals surface area contributed by atoms with Crippen molar-refractivity contribution in [2.45, 2.75) is 0 Å². The van der Waals surface area contributed by atoms with E-state index in [0.717, 1.165) is 30.3 Å². The van der Waals surface area contributed by atoms with Crippen molar-refractivity contribution < 1.29 is 18.5 Å². The molecule has 2 aromatic carbocycles. The fourth-order valence-electron chi connectivity index (χ4n) is 2.27. The summed E-state index contributed by atoms with van der Waals surface area (Å²) >= 11 is 0. The zero-order valence-electron chi connectivity index (χ0n) is 13.2. The number of nitro groups is 1. The van der Waals surface area contributed by atoms with Crippen LogP contribution in [0.4, 0.5) is 25.0 Å². The summed E-state index contributed by atoms with van der Waals surface area (Å²) in [6.45, 7) is 0. The maximum atomic E-state index is 13.6. The van der Waals surface area contributed by atoms with Gasteiger partial charge in [0.25, 0.3) is 5.69 Å². The van der Waals surface area contributed by atoms with E-state index in [9.17, 15) is 33.3 Å². The number of amides is 2. The van der Waals surface area contributed by atoms with Crippen LogP contribution in [0.2, 0.25) is 0 Å². The molecule has 0 aliphatic carbocycles. The van der Waals surface area contributed by atoms with Crippen molar-refractivity contribution >= 4 is 28.4 Å². The number of aromatic nitrogens is 2. The Labute approximate surface area is 147 Å². The smallest absolute Gasteiger partial charge is 0.316 e. The Kier molecular flexibility index (Phi) is 4.38. The lowest BCUT2D eigenvalue weighted by molar-refractivity contribution is -0.384. The number of nitro benzene ring substituents is 1. The highest BCUT2D eigenvalue weighted by molar-refractivity contribution is 5.96. The predicted octanol–water partition coefficient (Wildman–Crippen LogP) is 1.65. The van der Waals surface area contributed by atoms with E-state index in [-0.39, 0.29) is 22.4 Å². The van der Waals surface area contributed by atoms with Crippen molar-refractivity contribution in [3.8, 4) is 0 Å². The van der Waals surface area contributed by atoms with Gasteiger partial charge < -0.3 is 10.3 Å². The third-order valence-corrected chi connectivity index (χ3v) is 3.47. The van der Waals surface area contributed by atoms with E-state index in [1.807, 2.05) is 5.43 Å². The Bertz CT molecular complexity index is 1200. The van der Waals surface area contributed by atoms with Crippen LogP contribution < -0.4 is 21.9 Å². The van der Waals surface area contributed by atoms with Gasteiger partial charge in [0.05, 0.1) is 21.6 Å². The molecule has 2 amide bonds. The fraction of sp³-hybridized carbons (Fsp3) is 0. The van der Waals surface area contributed by atoms with Gasteiger partial charge in [0.1, 0.15) is 11.6 Å². The van der Waals surface area contributed by atoms with E-state index >= 15 is 0 Å². The van der Waals surface area contributed by atoms with Gasteiger partial charge in [0, 0.05) is 18.2 Å². The highest BCUT2D eigenvalue weighted by atomic mass is 19.1. The number of nitrogens with one attached hydrogen (secondary N) is 3. The molecule has 1 aromatic heterocycles. The molecule has 1 heterocycles. The number of urea groups is 1. The number of non-ortho nitro benzene ring substituents is 1. The molecule has 0 aliphatic heterocycles. The molecule has 0 unspecified atom stereocenters. The van der Waals surface area contributed by atoms with Gasteiger partial charge in [-0.1, -0.05) is 0 Å². The molecule has 0 saturated heterocycles. The minimum absolute atomic E-state index is 0.0417. The lowest BCUT2D eigenvalue weighted by atomic mass is 10.2. The number of halogens is 2. The van der Waals surface area contributed by atoms with Gasteiger partial charge in [-0.05, 0) is 18.2 Å². The minimum Gasteiger partial charge on any atom is -0.316 e. The molecule has 0 bridgehead atoms. The summed E-state index contributed by atoms with van der Waals surface area (Å²) < 4.78 is 27.0. The van der Waals surface area contributed by atoms with Gasteiger partial charge in [0.15, 0.2) is 0 Å². The van der Waals surface area contributed by atoms with Crippen molar-refractivity contribution in [1.29, 1.82) is 0 Å². The van der Waals surface area contributed by atoms with Gasteiger partial charge in [0.2, 0.25) is 0 Å². The number of aromatic amines is 1. The summed E-state index contributed by atoms with van der Waals surface area (Å²) in [5.74, 6) is -1.90. The van der Waals surface area contributed by atoms with E-state index < -0.39 is 33.7 Å². The van der Waals surface area contributed by atoms with Crippen LogP contribution in [0.25, 0.3) is 11.0 Å². The molecule has 12 heteroatoms. The van der Waals surface area contributed by atoms with Crippen molar-refractivity contribution in [2.24, 2.45) is 0 Å². The average Bonchev–Trinajstić information content (AvgIpc) is 2.60. The van der Waals surface area contributed by atoms with E-state index in [1.165, 1.54) is 0 Å². The topological polar surface area (TPSA) is 139 Å². The fourth-order valence-corrected chi connectivity index (χ4v) is 2.27. The van der Waals surface area contributed by atoms with Gasteiger partial charge in [-0.3, -0.25) is 19.7 Å². The number of benzene rings is 2. The number of fused-ring (bicyclic) bond motifs is 1. The molecule has 3 N–H and O–H groups in total. The Morgan fingerprint density at radius 2 is 1.89 bits per heavy atom. The van der Waals surface area contributed by atoms with Crippen molar-refractivity contribution in [2.75, 3.05) is 10.7 Å². The Hall–Kier alpha value is -4.09. The standard InChI is InChI=1S/C15H9F2N5O5/c16-7-1-3-10(9(17)5-7)19-15(25)20-21-12-4-2-8(22(26)27)6-11(12)18-13(23)14(21)24/h1-6H,(H,18,23)(H2,19,20,25). The van der Waals surface area contributed by atoms with Gasteiger partial charge in [-0.2, -0.15) is 0 Å². The zero-order valence-corrected chi connectivity index (χ0v) is 13.2. The number of hydrogen-bond donors (Lipinski definition) is 3. The summed E-state index contributed by atoms with van der Waals surface area (Å²) in [6.07, 6.45) is 0.